The summed E-state index contributed by atoms with van der Waals surface area (Å²) in [6, 6.07) is 4.61. The lowest BCUT2D eigenvalue weighted by atomic mass is 9.49. The Hall–Kier alpha value is -1.38. The summed E-state index contributed by atoms with van der Waals surface area (Å²) < 4.78 is 13.4. The van der Waals surface area contributed by atoms with Gasteiger partial charge in [0.25, 0.3) is 0 Å². The third-order valence-electron chi connectivity index (χ3n) is 5.97. The highest BCUT2D eigenvalue weighted by Gasteiger charge is 2.54. The van der Waals surface area contributed by atoms with Gasteiger partial charge in [-0.1, -0.05) is 6.07 Å². The topological polar surface area (TPSA) is 29.1 Å². The number of hydrogen-bond donors (Lipinski definition) is 1. The summed E-state index contributed by atoms with van der Waals surface area (Å²) in [5.74, 6) is 2.08. The Morgan fingerprint density at radius 2 is 1.71 bits per heavy atom. The van der Waals surface area contributed by atoms with E-state index in [1.165, 1.54) is 31.4 Å². The molecule has 4 aliphatic rings. The van der Waals surface area contributed by atoms with E-state index in [1.807, 2.05) is 6.92 Å². The van der Waals surface area contributed by atoms with Crippen molar-refractivity contribution in [1.29, 1.82) is 0 Å². The SMILES string of the molecule is Cc1ccc(F)cc1NC(=O)C12CC3CC(CC(C3)C1)C2. The Morgan fingerprint density at radius 1 is 1.14 bits per heavy atom. The van der Waals surface area contributed by atoms with Gasteiger partial charge >= 0.3 is 0 Å². The predicted octanol–water partition coefficient (Wildman–Crippen LogP) is 4.29. The molecule has 0 aromatic heterocycles. The maximum atomic E-state index is 13.4. The summed E-state index contributed by atoms with van der Waals surface area (Å²) in [5, 5.41) is 3.03. The van der Waals surface area contributed by atoms with E-state index in [0.717, 1.165) is 42.6 Å². The normalized spacial score (nSPS) is 36.8. The van der Waals surface area contributed by atoms with Gasteiger partial charge < -0.3 is 5.32 Å². The molecule has 1 amide bonds. The zero-order valence-electron chi connectivity index (χ0n) is 12.5. The zero-order valence-corrected chi connectivity index (χ0v) is 12.5. The molecule has 21 heavy (non-hydrogen) atoms. The first kappa shape index (κ1) is 13.3. The molecule has 0 saturated heterocycles. The number of carbonyl (C=O) groups excluding carboxylic acids is 1. The molecule has 1 aromatic rings. The van der Waals surface area contributed by atoms with Gasteiger partial charge in [0.15, 0.2) is 0 Å². The van der Waals surface area contributed by atoms with E-state index < -0.39 is 0 Å². The van der Waals surface area contributed by atoms with Crippen molar-refractivity contribution in [2.45, 2.75) is 45.4 Å². The van der Waals surface area contributed by atoms with Crippen molar-refractivity contribution in [3.63, 3.8) is 0 Å². The van der Waals surface area contributed by atoms with Gasteiger partial charge in [0.05, 0.1) is 5.41 Å². The third-order valence-corrected chi connectivity index (χ3v) is 5.97. The second-order valence-electron chi connectivity index (χ2n) is 7.61. The van der Waals surface area contributed by atoms with Gasteiger partial charge in [-0.05, 0) is 80.9 Å². The van der Waals surface area contributed by atoms with Crippen molar-refractivity contribution in [1.82, 2.24) is 0 Å². The van der Waals surface area contributed by atoms with Gasteiger partial charge in [-0.2, -0.15) is 0 Å². The lowest BCUT2D eigenvalue weighted by Gasteiger charge is -2.55. The molecule has 1 N–H and O–H groups in total. The van der Waals surface area contributed by atoms with Gasteiger partial charge in [0, 0.05) is 5.69 Å². The van der Waals surface area contributed by atoms with Crippen molar-refractivity contribution in [2.75, 3.05) is 5.32 Å². The number of benzene rings is 1. The van der Waals surface area contributed by atoms with Crippen molar-refractivity contribution in [3.8, 4) is 0 Å². The molecule has 0 radical (unpaired) electrons. The first-order valence-electron chi connectivity index (χ1n) is 8.12. The Morgan fingerprint density at radius 3 is 2.29 bits per heavy atom. The van der Waals surface area contributed by atoms with Crippen molar-refractivity contribution >= 4 is 11.6 Å². The highest BCUT2D eigenvalue weighted by Crippen LogP contribution is 2.60. The lowest BCUT2D eigenvalue weighted by molar-refractivity contribution is -0.140. The molecule has 4 saturated carbocycles. The molecule has 112 valence electrons. The fourth-order valence-corrected chi connectivity index (χ4v) is 5.37. The van der Waals surface area contributed by atoms with Crippen LogP contribution in [0.25, 0.3) is 0 Å². The first-order valence-corrected chi connectivity index (χ1v) is 8.12. The van der Waals surface area contributed by atoms with Crippen LogP contribution in [0.3, 0.4) is 0 Å². The lowest BCUT2D eigenvalue weighted by Crippen LogP contribution is -2.51. The van der Waals surface area contributed by atoms with Gasteiger partial charge in [0.1, 0.15) is 5.82 Å². The van der Waals surface area contributed by atoms with Crippen LogP contribution in [0.5, 0.6) is 0 Å². The molecule has 3 heteroatoms. The van der Waals surface area contributed by atoms with Crippen molar-refractivity contribution in [3.05, 3.63) is 29.6 Å². The molecule has 0 unspecified atom stereocenters. The second kappa shape index (κ2) is 4.56. The van der Waals surface area contributed by atoms with Crippen LogP contribution in [0.15, 0.2) is 18.2 Å². The number of carbonyl (C=O) groups is 1. The van der Waals surface area contributed by atoms with Gasteiger partial charge in [-0.25, -0.2) is 4.39 Å². The van der Waals surface area contributed by atoms with E-state index in [2.05, 4.69) is 5.32 Å². The second-order valence-corrected chi connectivity index (χ2v) is 7.61. The molecule has 0 aliphatic heterocycles. The van der Waals surface area contributed by atoms with Gasteiger partial charge in [-0.3, -0.25) is 4.79 Å². The molecule has 4 bridgehead atoms. The number of amides is 1. The highest BCUT2D eigenvalue weighted by molar-refractivity contribution is 5.96. The summed E-state index contributed by atoms with van der Waals surface area (Å²) >= 11 is 0. The fourth-order valence-electron chi connectivity index (χ4n) is 5.37. The largest absolute Gasteiger partial charge is 0.325 e. The highest BCUT2D eigenvalue weighted by atomic mass is 19.1. The summed E-state index contributed by atoms with van der Waals surface area (Å²) in [6.07, 6.45) is 7.10. The fraction of sp³-hybridized carbons (Fsp3) is 0.611. The van der Waals surface area contributed by atoms with Crippen LogP contribution in [-0.4, -0.2) is 5.91 Å². The molecule has 1 aromatic carbocycles. The molecule has 2 nitrogen and oxygen atoms in total. The summed E-state index contributed by atoms with van der Waals surface area (Å²) in [5.41, 5.74) is 1.39. The average Bonchev–Trinajstić information content (AvgIpc) is 2.41. The molecule has 0 spiro atoms. The maximum absolute atomic E-state index is 13.4. The van der Waals surface area contributed by atoms with Crippen molar-refractivity contribution < 1.29 is 9.18 Å². The van der Waals surface area contributed by atoms with Crippen LogP contribution in [0.1, 0.15) is 44.1 Å². The zero-order chi connectivity index (χ0) is 14.6. The molecule has 4 fully saturated rings. The van der Waals surface area contributed by atoms with E-state index in [9.17, 15) is 9.18 Å². The Labute approximate surface area is 125 Å². The summed E-state index contributed by atoms with van der Waals surface area (Å²) in [6.45, 7) is 1.91. The van der Waals surface area contributed by atoms with Crippen LogP contribution >= 0.6 is 0 Å². The molecular formula is C18H22FNO. The van der Waals surface area contributed by atoms with Crippen LogP contribution in [0.4, 0.5) is 10.1 Å². The minimum atomic E-state index is -0.290. The van der Waals surface area contributed by atoms with Crippen LogP contribution < -0.4 is 5.32 Å². The number of hydrogen-bond acceptors (Lipinski definition) is 1. The predicted molar refractivity (Wildman–Crippen MR) is 80.4 cm³/mol. The smallest absolute Gasteiger partial charge is 0.230 e. The standard InChI is InChI=1S/C18H22FNO/c1-11-2-3-15(19)7-16(11)20-17(21)18-8-12-4-13(9-18)6-14(5-12)10-18/h2-3,7,12-14H,4-6,8-10H2,1H3,(H,20,21). The van der Waals surface area contributed by atoms with E-state index >= 15 is 0 Å². The minimum absolute atomic E-state index is 0.135. The van der Waals surface area contributed by atoms with Gasteiger partial charge in [0.2, 0.25) is 5.91 Å². The van der Waals surface area contributed by atoms with Gasteiger partial charge in [-0.15, -0.1) is 0 Å². The molecule has 0 heterocycles. The van der Waals surface area contributed by atoms with Crippen LogP contribution in [0.2, 0.25) is 0 Å². The minimum Gasteiger partial charge on any atom is -0.325 e. The van der Waals surface area contributed by atoms with E-state index in [1.54, 1.807) is 6.07 Å². The van der Waals surface area contributed by atoms with Crippen LogP contribution in [0, 0.1) is 35.9 Å². The summed E-state index contributed by atoms with van der Waals surface area (Å²) in [4.78, 5) is 12.9. The quantitative estimate of drug-likeness (QED) is 0.863. The number of aryl methyl sites for hydroxylation is 1. The number of halogens is 1. The average molecular weight is 287 g/mol. The third kappa shape index (κ3) is 2.18. The number of nitrogens with one attached hydrogen (secondary N) is 1. The Bertz CT molecular complexity index is 560. The monoisotopic (exact) mass is 287 g/mol. The van der Waals surface area contributed by atoms with E-state index in [0.29, 0.717) is 5.69 Å². The molecule has 5 rings (SSSR count). The Kier molecular flexibility index (Phi) is 2.88. The van der Waals surface area contributed by atoms with E-state index in [-0.39, 0.29) is 17.1 Å². The number of anilines is 1. The first-order chi connectivity index (χ1) is 10.0. The van der Waals surface area contributed by atoms with Crippen molar-refractivity contribution in [2.24, 2.45) is 23.2 Å². The van der Waals surface area contributed by atoms with Crippen LogP contribution in [-0.2, 0) is 4.79 Å². The Balaban J connectivity index is 1.59. The molecule has 4 aliphatic carbocycles. The number of rotatable bonds is 2. The summed E-state index contributed by atoms with van der Waals surface area (Å²) in [7, 11) is 0. The maximum Gasteiger partial charge on any atom is 0.230 e. The molecular weight excluding hydrogens is 265 g/mol. The molecule has 0 atom stereocenters. The van der Waals surface area contributed by atoms with E-state index in [4.69, 9.17) is 0 Å².